The molecule has 0 saturated heterocycles. The molecule has 2 amide bonds. The summed E-state index contributed by atoms with van der Waals surface area (Å²) in [4.78, 5) is 32.1. The molecule has 8 nitrogen and oxygen atoms in total. The standard InChI is InChI=1S/C25H30N4O4S/c1-15-12-26-16(2)14-33-20-11-17(9-10-18(20)25(31)29(3)13-21(15)32-4)27-23(30)24-28-19-7-5-6-8-22(19)34-24/h5-11,15-16,21,26H,12-14H2,1-4H3,(H,27,30)/t15-,16+,21-/m0/s1. The molecule has 4 rings (SSSR count). The number of amides is 2. The topological polar surface area (TPSA) is 92.8 Å². The van der Waals surface area contributed by atoms with Crippen molar-refractivity contribution >= 4 is 39.1 Å². The molecule has 0 bridgehead atoms. The highest BCUT2D eigenvalue weighted by atomic mass is 32.1. The molecule has 2 heterocycles. The van der Waals surface area contributed by atoms with Crippen molar-refractivity contribution in [1.29, 1.82) is 0 Å². The Morgan fingerprint density at radius 1 is 1.26 bits per heavy atom. The number of nitrogens with zero attached hydrogens (tertiary/aromatic N) is 2. The van der Waals surface area contributed by atoms with Crippen LogP contribution in [0.2, 0.25) is 0 Å². The van der Waals surface area contributed by atoms with Gasteiger partial charge in [-0.25, -0.2) is 4.98 Å². The van der Waals surface area contributed by atoms with Crippen LogP contribution < -0.4 is 15.4 Å². The zero-order valence-electron chi connectivity index (χ0n) is 19.8. The van der Waals surface area contributed by atoms with Crippen molar-refractivity contribution in [3.63, 3.8) is 0 Å². The van der Waals surface area contributed by atoms with E-state index in [9.17, 15) is 9.59 Å². The number of carbonyl (C=O) groups is 2. The maximum Gasteiger partial charge on any atom is 0.284 e. The highest BCUT2D eigenvalue weighted by Crippen LogP contribution is 2.27. The van der Waals surface area contributed by atoms with E-state index in [1.54, 1.807) is 37.3 Å². The van der Waals surface area contributed by atoms with Gasteiger partial charge in [0, 0.05) is 45.0 Å². The Labute approximate surface area is 203 Å². The molecule has 180 valence electrons. The molecule has 34 heavy (non-hydrogen) atoms. The summed E-state index contributed by atoms with van der Waals surface area (Å²) in [7, 11) is 3.43. The highest BCUT2D eigenvalue weighted by molar-refractivity contribution is 7.20. The number of ether oxygens (including phenoxy) is 2. The van der Waals surface area contributed by atoms with Gasteiger partial charge in [-0.1, -0.05) is 19.1 Å². The maximum absolute atomic E-state index is 13.2. The monoisotopic (exact) mass is 482 g/mol. The summed E-state index contributed by atoms with van der Waals surface area (Å²) in [5.74, 6) is 0.191. The van der Waals surface area contributed by atoms with Crippen LogP contribution in [0.25, 0.3) is 10.2 Å². The third-order valence-corrected chi connectivity index (χ3v) is 7.01. The van der Waals surface area contributed by atoms with Gasteiger partial charge in [-0.2, -0.15) is 0 Å². The second-order valence-electron chi connectivity index (χ2n) is 8.71. The summed E-state index contributed by atoms with van der Waals surface area (Å²) < 4.78 is 12.7. The van der Waals surface area contributed by atoms with Crippen LogP contribution in [0, 0.1) is 5.92 Å². The van der Waals surface area contributed by atoms with Gasteiger partial charge in [-0.3, -0.25) is 9.59 Å². The number of fused-ring (bicyclic) bond motifs is 2. The molecular formula is C25H30N4O4S. The largest absolute Gasteiger partial charge is 0.491 e. The average Bonchev–Trinajstić information content (AvgIpc) is 3.28. The lowest BCUT2D eigenvalue weighted by atomic mass is 10.0. The fourth-order valence-electron chi connectivity index (χ4n) is 3.89. The van der Waals surface area contributed by atoms with Gasteiger partial charge >= 0.3 is 0 Å². The van der Waals surface area contributed by atoms with Gasteiger partial charge in [-0.05, 0) is 37.1 Å². The first kappa shape index (κ1) is 24.1. The van der Waals surface area contributed by atoms with E-state index < -0.39 is 0 Å². The fraction of sp³-hybridized carbons (Fsp3) is 0.400. The first-order chi connectivity index (χ1) is 16.4. The molecule has 0 saturated carbocycles. The summed E-state index contributed by atoms with van der Waals surface area (Å²) in [5.41, 5.74) is 1.77. The first-order valence-corrected chi connectivity index (χ1v) is 12.1. The number of likely N-dealkylation sites (N-methyl/N-ethyl adjacent to an activating group) is 1. The summed E-state index contributed by atoms with van der Waals surface area (Å²) in [6.07, 6.45) is -0.0928. The van der Waals surface area contributed by atoms with Gasteiger partial charge < -0.3 is 25.0 Å². The van der Waals surface area contributed by atoms with Crippen LogP contribution >= 0.6 is 11.3 Å². The number of anilines is 1. The number of nitrogens with one attached hydrogen (secondary N) is 2. The van der Waals surface area contributed by atoms with E-state index in [0.717, 1.165) is 16.8 Å². The number of aromatic nitrogens is 1. The first-order valence-electron chi connectivity index (χ1n) is 11.3. The Hall–Kier alpha value is -3.01. The Balaban J connectivity index is 1.58. The SMILES string of the molecule is CO[C@H]1CN(C)C(=O)c2ccc(NC(=O)c3nc4ccccc4s3)cc2OC[C@@H](C)NC[C@@H]1C. The zero-order chi connectivity index (χ0) is 24.2. The van der Waals surface area contributed by atoms with Crippen molar-refractivity contribution in [2.75, 3.05) is 39.2 Å². The molecule has 2 aromatic carbocycles. The molecule has 3 atom stereocenters. The summed E-state index contributed by atoms with van der Waals surface area (Å²) in [5, 5.41) is 6.73. The molecule has 0 unspecified atom stereocenters. The van der Waals surface area contributed by atoms with Crippen LogP contribution in [0.4, 0.5) is 5.69 Å². The van der Waals surface area contributed by atoms with E-state index in [1.807, 2.05) is 31.2 Å². The molecule has 1 aromatic heterocycles. The molecule has 0 aliphatic carbocycles. The lowest BCUT2D eigenvalue weighted by molar-refractivity contribution is 0.0281. The quantitative estimate of drug-likeness (QED) is 0.592. The van der Waals surface area contributed by atoms with Gasteiger partial charge in [-0.15, -0.1) is 11.3 Å². The van der Waals surface area contributed by atoms with Crippen LogP contribution in [0.5, 0.6) is 5.75 Å². The van der Waals surface area contributed by atoms with E-state index >= 15 is 0 Å². The molecular weight excluding hydrogens is 452 g/mol. The Morgan fingerprint density at radius 2 is 2.06 bits per heavy atom. The lowest BCUT2D eigenvalue weighted by Gasteiger charge is -2.30. The van der Waals surface area contributed by atoms with Crippen molar-refractivity contribution in [3.05, 3.63) is 53.0 Å². The van der Waals surface area contributed by atoms with Crippen molar-refractivity contribution in [3.8, 4) is 5.75 Å². The minimum atomic E-state index is -0.301. The predicted octanol–water partition coefficient (Wildman–Crippen LogP) is 3.64. The molecule has 3 aromatic rings. The van der Waals surface area contributed by atoms with Gasteiger partial charge in [0.2, 0.25) is 0 Å². The van der Waals surface area contributed by atoms with Crippen molar-refractivity contribution in [1.82, 2.24) is 15.2 Å². The van der Waals surface area contributed by atoms with Crippen molar-refractivity contribution in [2.24, 2.45) is 5.92 Å². The van der Waals surface area contributed by atoms with Gasteiger partial charge in [0.1, 0.15) is 12.4 Å². The molecule has 0 fully saturated rings. The molecule has 0 radical (unpaired) electrons. The van der Waals surface area contributed by atoms with E-state index in [-0.39, 0.29) is 29.9 Å². The minimum Gasteiger partial charge on any atom is -0.491 e. The van der Waals surface area contributed by atoms with E-state index in [2.05, 4.69) is 22.5 Å². The number of hydrogen-bond donors (Lipinski definition) is 2. The smallest absolute Gasteiger partial charge is 0.284 e. The summed E-state index contributed by atoms with van der Waals surface area (Å²) >= 11 is 1.34. The third kappa shape index (κ3) is 5.38. The predicted molar refractivity (Wildman–Crippen MR) is 134 cm³/mol. The number of thiazole rings is 1. The Morgan fingerprint density at radius 3 is 2.82 bits per heavy atom. The number of rotatable bonds is 3. The number of benzene rings is 2. The average molecular weight is 483 g/mol. The normalized spacial score (nSPS) is 21.8. The van der Waals surface area contributed by atoms with Crippen LogP contribution in [0.1, 0.15) is 34.0 Å². The highest BCUT2D eigenvalue weighted by Gasteiger charge is 2.25. The van der Waals surface area contributed by atoms with E-state index in [1.165, 1.54) is 11.3 Å². The van der Waals surface area contributed by atoms with Crippen LogP contribution in [0.15, 0.2) is 42.5 Å². The fourth-order valence-corrected chi connectivity index (χ4v) is 4.75. The second kappa shape index (κ2) is 10.5. The Kier molecular flexibility index (Phi) is 7.45. The molecule has 9 heteroatoms. The van der Waals surface area contributed by atoms with Crippen molar-refractivity contribution < 1.29 is 19.1 Å². The van der Waals surface area contributed by atoms with E-state index in [4.69, 9.17) is 9.47 Å². The second-order valence-corrected chi connectivity index (χ2v) is 9.74. The summed E-state index contributed by atoms with van der Waals surface area (Å²) in [6.45, 7) is 5.72. The van der Waals surface area contributed by atoms with Crippen LogP contribution in [0.3, 0.4) is 0 Å². The molecule has 1 aliphatic heterocycles. The van der Waals surface area contributed by atoms with Crippen LogP contribution in [-0.2, 0) is 4.74 Å². The number of para-hydroxylation sites is 1. The zero-order valence-corrected chi connectivity index (χ0v) is 20.6. The van der Waals surface area contributed by atoms with Gasteiger partial charge in [0.15, 0.2) is 5.01 Å². The van der Waals surface area contributed by atoms with Gasteiger partial charge in [0.25, 0.3) is 11.8 Å². The third-order valence-electron chi connectivity index (χ3n) is 5.97. The lowest BCUT2D eigenvalue weighted by Crippen LogP contribution is -2.44. The van der Waals surface area contributed by atoms with Crippen LogP contribution in [-0.4, -0.2) is 67.7 Å². The molecule has 1 aliphatic rings. The Bertz CT molecular complexity index is 1150. The van der Waals surface area contributed by atoms with Gasteiger partial charge in [0.05, 0.1) is 21.9 Å². The maximum atomic E-state index is 13.2. The number of hydrogen-bond acceptors (Lipinski definition) is 7. The minimum absolute atomic E-state index is 0.0704. The van der Waals surface area contributed by atoms with Crippen molar-refractivity contribution in [2.45, 2.75) is 26.0 Å². The van der Waals surface area contributed by atoms with E-state index in [0.29, 0.717) is 35.2 Å². The number of methoxy groups -OCH3 is 1. The molecule has 2 N–H and O–H groups in total. The summed E-state index contributed by atoms with van der Waals surface area (Å²) in [6, 6.07) is 12.8. The molecule has 0 spiro atoms. The number of carbonyl (C=O) groups excluding carboxylic acids is 2.